The number of nitrogens with zero attached hydrogens (tertiary/aromatic N) is 1. The van der Waals surface area contributed by atoms with Gasteiger partial charge in [0.05, 0.1) is 0 Å². The third kappa shape index (κ3) is 4.46. The van der Waals surface area contributed by atoms with Crippen molar-refractivity contribution < 1.29 is 0 Å². The molecule has 1 N–H and O–H groups in total. The van der Waals surface area contributed by atoms with E-state index in [9.17, 15) is 0 Å². The zero-order valence-corrected chi connectivity index (χ0v) is 13.3. The Morgan fingerprint density at radius 2 is 1.79 bits per heavy atom. The van der Waals surface area contributed by atoms with E-state index >= 15 is 0 Å². The van der Waals surface area contributed by atoms with E-state index in [0.717, 1.165) is 23.9 Å². The van der Waals surface area contributed by atoms with E-state index in [1.807, 2.05) is 0 Å². The molecule has 112 valence electrons. The monoisotopic (exact) mass is 266 g/mol. The number of rotatable bonds is 7. The fourth-order valence-corrected chi connectivity index (χ4v) is 4.26. The molecule has 0 heterocycles. The Bertz CT molecular complexity index is 246. The Balaban J connectivity index is 1.81. The van der Waals surface area contributed by atoms with Crippen LogP contribution in [0.15, 0.2) is 0 Å². The van der Waals surface area contributed by atoms with Crippen molar-refractivity contribution in [2.24, 2.45) is 11.8 Å². The van der Waals surface area contributed by atoms with E-state index in [2.05, 4.69) is 31.1 Å². The van der Waals surface area contributed by atoms with Crippen LogP contribution in [-0.2, 0) is 0 Å². The van der Waals surface area contributed by atoms with Gasteiger partial charge < -0.3 is 10.2 Å². The van der Waals surface area contributed by atoms with Crippen LogP contribution in [0.2, 0.25) is 0 Å². The minimum Gasteiger partial charge on any atom is -0.317 e. The van der Waals surface area contributed by atoms with Gasteiger partial charge in [-0.15, -0.1) is 0 Å². The summed E-state index contributed by atoms with van der Waals surface area (Å²) in [4.78, 5) is 2.82. The molecule has 2 atom stereocenters. The summed E-state index contributed by atoms with van der Waals surface area (Å²) in [5.74, 6) is 1.74. The molecular formula is C17H34N2. The van der Waals surface area contributed by atoms with Gasteiger partial charge in [0.2, 0.25) is 0 Å². The molecule has 2 fully saturated rings. The molecule has 2 aliphatic carbocycles. The lowest BCUT2D eigenvalue weighted by atomic mass is 9.98. The van der Waals surface area contributed by atoms with Crippen molar-refractivity contribution in [2.75, 3.05) is 20.1 Å². The summed E-state index contributed by atoms with van der Waals surface area (Å²) in [6.07, 6.45) is 11.5. The standard InChI is InChI=1S/C17H34N2/c1-14(2)13-19(16-8-4-5-9-16)12-11-15-7-6-10-17(15)18-3/h14-18H,4-13H2,1-3H3. The van der Waals surface area contributed by atoms with Crippen molar-refractivity contribution in [1.29, 1.82) is 0 Å². The first-order valence-electron chi connectivity index (χ1n) is 8.62. The van der Waals surface area contributed by atoms with Crippen LogP contribution in [0.4, 0.5) is 0 Å². The molecule has 0 aromatic carbocycles. The average molecular weight is 266 g/mol. The van der Waals surface area contributed by atoms with Crippen LogP contribution < -0.4 is 5.32 Å². The Labute approximate surface area is 120 Å². The van der Waals surface area contributed by atoms with E-state index < -0.39 is 0 Å². The molecule has 2 rings (SSSR count). The van der Waals surface area contributed by atoms with Crippen LogP contribution in [0, 0.1) is 11.8 Å². The fourth-order valence-electron chi connectivity index (χ4n) is 4.26. The normalized spacial score (nSPS) is 28.9. The quantitative estimate of drug-likeness (QED) is 0.756. The molecule has 2 unspecified atom stereocenters. The molecule has 0 radical (unpaired) electrons. The predicted octanol–water partition coefficient (Wildman–Crippen LogP) is 3.67. The summed E-state index contributed by atoms with van der Waals surface area (Å²) >= 11 is 0. The maximum absolute atomic E-state index is 3.53. The summed E-state index contributed by atoms with van der Waals surface area (Å²) in [6, 6.07) is 1.70. The second kappa shape index (κ2) is 7.64. The minimum absolute atomic E-state index is 0.796. The second-order valence-corrected chi connectivity index (χ2v) is 7.20. The molecular weight excluding hydrogens is 232 g/mol. The molecule has 2 aliphatic rings. The van der Waals surface area contributed by atoms with E-state index in [0.29, 0.717) is 0 Å². The Morgan fingerprint density at radius 3 is 2.42 bits per heavy atom. The molecule has 0 amide bonds. The summed E-state index contributed by atoms with van der Waals surface area (Å²) in [6.45, 7) is 7.38. The SMILES string of the molecule is CNC1CCCC1CCN(CC(C)C)C1CCCC1. The van der Waals surface area contributed by atoms with Crippen molar-refractivity contribution in [3.05, 3.63) is 0 Å². The molecule has 2 heteroatoms. The molecule has 2 saturated carbocycles. The number of hydrogen-bond acceptors (Lipinski definition) is 2. The number of nitrogens with one attached hydrogen (secondary N) is 1. The molecule has 0 saturated heterocycles. The van der Waals surface area contributed by atoms with Gasteiger partial charge in [0.1, 0.15) is 0 Å². The van der Waals surface area contributed by atoms with Gasteiger partial charge >= 0.3 is 0 Å². The molecule has 0 aromatic rings. The molecule has 0 aliphatic heterocycles. The minimum atomic E-state index is 0.796. The van der Waals surface area contributed by atoms with Crippen LogP contribution in [0.1, 0.15) is 65.2 Å². The smallest absolute Gasteiger partial charge is 0.00953 e. The molecule has 0 bridgehead atoms. The third-order valence-corrected chi connectivity index (χ3v) is 5.26. The van der Waals surface area contributed by atoms with E-state index in [4.69, 9.17) is 0 Å². The Morgan fingerprint density at radius 1 is 1.05 bits per heavy atom. The van der Waals surface area contributed by atoms with Crippen molar-refractivity contribution in [2.45, 2.75) is 77.3 Å². The van der Waals surface area contributed by atoms with Crippen LogP contribution >= 0.6 is 0 Å². The maximum atomic E-state index is 3.53. The molecule has 0 aromatic heterocycles. The van der Waals surface area contributed by atoms with Crippen molar-refractivity contribution >= 4 is 0 Å². The number of hydrogen-bond donors (Lipinski definition) is 1. The topological polar surface area (TPSA) is 15.3 Å². The highest BCUT2D eigenvalue weighted by atomic mass is 15.2. The van der Waals surface area contributed by atoms with Gasteiger partial charge in [-0.25, -0.2) is 0 Å². The summed E-state index contributed by atoms with van der Waals surface area (Å²) in [5, 5.41) is 3.53. The van der Waals surface area contributed by atoms with Crippen molar-refractivity contribution in [3.8, 4) is 0 Å². The first-order chi connectivity index (χ1) is 9.20. The van der Waals surface area contributed by atoms with E-state index in [1.54, 1.807) is 0 Å². The largest absolute Gasteiger partial charge is 0.317 e. The Kier molecular flexibility index (Phi) is 6.15. The maximum Gasteiger partial charge on any atom is 0.00953 e. The van der Waals surface area contributed by atoms with Crippen molar-refractivity contribution in [3.63, 3.8) is 0 Å². The zero-order chi connectivity index (χ0) is 13.7. The van der Waals surface area contributed by atoms with E-state index in [-0.39, 0.29) is 0 Å². The molecule has 19 heavy (non-hydrogen) atoms. The first kappa shape index (κ1) is 15.3. The van der Waals surface area contributed by atoms with Gasteiger partial charge in [-0.05, 0) is 57.5 Å². The van der Waals surface area contributed by atoms with Gasteiger partial charge in [0.15, 0.2) is 0 Å². The third-order valence-electron chi connectivity index (χ3n) is 5.26. The second-order valence-electron chi connectivity index (χ2n) is 7.20. The average Bonchev–Trinajstić information content (AvgIpc) is 3.04. The lowest BCUT2D eigenvalue weighted by molar-refractivity contribution is 0.162. The lowest BCUT2D eigenvalue weighted by Gasteiger charge is -2.32. The molecule has 0 spiro atoms. The van der Waals surface area contributed by atoms with Crippen molar-refractivity contribution in [1.82, 2.24) is 10.2 Å². The van der Waals surface area contributed by atoms with Gasteiger partial charge in [-0.1, -0.05) is 33.1 Å². The highest BCUT2D eigenvalue weighted by molar-refractivity contribution is 4.84. The molecule has 2 nitrogen and oxygen atoms in total. The van der Waals surface area contributed by atoms with Crippen LogP contribution in [-0.4, -0.2) is 37.1 Å². The van der Waals surface area contributed by atoms with Crippen LogP contribution in [0.5, 0.6) is 0 Å². The summed E-state index contributed by atoms with van der Waals surface area (Å²) in [7, 11) is 2.14. The summed E-state index contributed by atoms with van der Waals surface area (Å²) < 4.78 is 0. The van der Waals surface area contributed by atoms with E-state index in [1.165, 1.54) is 64.5 Å². The van der Waals surface area contributed by atoms with Gasteiger partial charge in [0.25, 0.3) is 0 Å². The van der Waals surface area contributed by atoms with Gasteiger partial charge in [0, 0.05) is 18.6 Å². The highest BCUT2D eigenvalue weighted by Gasteiger charge is 2.28. The van der Waals surface area contributed by atoms with Gasteiger partial charge in [-0.3, -0.25) is 0 Å². The van der Waals surface area contributed by atoms with Crippen LogP contribution in [0.25, 0.3) is 0 Å². The Hall–Kier alpha value is -0.0800. The predicted molar refractivity (Wildman–Crippen MR) is 83.5 cm³/mol. The first-order valence-corrected chi connectivity index (χ1v) is 8.62. The lowest BCUT2D eigenvalue weighted by Crippen LogP contribution is -2.39. The highest BCUT2D eigenvalue weighted by Crippen LogP contribution is 2.30. The van der Waals surface area contributed by atoms with Crippen LogP contribution in [0.3, 0.4) is 0 Å². The van der Waals surface area contributed by atoms with Gasteiger partial charge in [-0.2, -0.15) is 0 Å². The summed E-state index contributed by atoms with van der Waals surface area (Å²) in [5.41, 5.74) is 0. The fraction of sp³-hybridized carbons (Fsp3) is 1.00. The zero-order valence-electron chi connectivity index (χ0n) is 13.3.